The standard InChI is InChI=1S/C23H13NO2/c25-22-15-10-4-5-11-16(15)23(26)21-20(22)19(14-8-2-1-3-9-14)17-12-6-7-13-18(17)24-21/h1-13H. The zero-order valence-corrected chi connectivity index (χ0v) is 13.8. The van der Waals surface area contributed by atoms with Gasteiger partial charge >= 0.3 is 0 Å². The number of hydrogen-bond acceptors (Lipinski definition) is 3. The molecule has 0 atom stereocenters. The minimum atomic E-state index is -0.196. The number of nitrogens with zero attached hydrogens (tertiary/aromatic N) is 1. The first-order chi connectivity index (χ1) is 12.8. The van der Waals surface area contributed by atoms with Gasteiger partial charge in [0.25, 0.3) is 0 Å². The first kappa shape index (κ1) is 14.7. The number of carbonyl (C=O) groups excluding carboxylic acids is 2. The monoisotopic (exact) mass is 335 g/mol. The van der Waals surface area contributed by atoms with Gasteiger partial charge in [-0.3, -0.25) is 9.59 Å². The molecule has 122 valence electrons. The predicted molar refractivity (Wildman–Crippen MR) is 100 cm³/mol. The van der Waals surface area contributed by atoms with Crippen molar-refractivity contribution in [1.82, 2.24) is 4.98 Å². The Balaban J connectivity index is 1.95. The van der Waals surface area contributed by atoms with Crippen molar-refractivity contribution in [2.24, 2.45) is 0 Å². The average molecular weight is 335 g/mol. The molecular formula is C23H13NO2. The molecule has 1 heterocycles. The number of para-hydroxylation sites is 1. The van der Waals surface area contributed by atoms with Gasteiger partial charge in [-0.2, -0.15) is 0 Å². The largest absolute Gasteiger partial charge is 0.288 e. The number of pyridine rings is 1. The highest BCUT2D eigenvalue weighted by molar-refractivity contribution is 6.31. The van der Waals surface area contributed by atoms with Crippen LogP contribution >= 0.6 is 0 Å². The quantitative estimate of drug-likeness (QED) is 0.447. The lowest BCUT2D eigenvalue weighted by atomic mass is 9.82. The van der Waals surface area contributed by atoms with E-state index in [0.717, 1.165) is 16.5 Å². The van der Waals surface area contributed by atoms with Crippen LogP contribution in [0.1, 0.15) is 32.0 Å². The topological polar surface area (TPSA) is 47.0 Å². The number of benzene rings is 3. The third-order valence-electron chi connectivity index (χ3n) is 4.81. The molecule has 0 radical (unpaired) electrons. The molecule has 3 aromatic carbocycles. The second kappa shape index (κ2) is 5.46. The van der Waals surface area contributed by atoms with Gasteiger partial charge in [-0.15, -0.1) is 0 Å². The number of hydrogen-bond donors (Lipinski definition) is 0. The average Bonchev–Trinajstić information content (AvgIpc) is 2.71. The van der Waals surface area contributed by atoms with E-state index in [1.54, 1.807) is 24.3 Å². The summed E-state index contributed by atoms with van der Waals surface area (Å²) in [6.07, 6.45) is 0. The molecular weight excluding hydrogens is 322 g/mol. The van der Waals surface area contributed by atoms with Crippen molar-refractivity contribution in [2.45, 2.75) is 0 Å². The van der Waals surface area contributed by atoms with Gasteiger partial charge in [0.1, 0.15) is 5.69 Å². The maximum absolute atomic E-state index is 13.3. The van der Waals surface area contributed by atoms with E-state index < -0.39 is 0 Å². The van der Waals surface area contributed by atoms with Crippen molar-refractivity contribution in [3.05, 3.63) is 101 Å². The molecule has 3 nitrogen and oxygen atoms in total. The lowest BCUT2D eigenvalue weighted by Gasteiger charge is -2.21. The number of ketones is 2. The molecule has 0 unspecified atom stereocenters. The highest BCUT2D eigenvalue weighted by Gasteiger charge is 2.34. The number of rotatable bonds is 1. The van der Waals surface area contributed by atoms with Gasteiger partial charge in [0.05, 0.1) is 11.1 Å². The summed E-state index contributed by atoms with van der Waals surface area (Å²) < 4.78 is 0. The predicted octanol–water partition coefficient (Wildman–Crippen LogP) is 4.68. The van der Waals surface area contributed by atoms with Gasteiger partial charge < -0.3 is 0 Å². The maximum atomic E-state index is 13.3. The van der Waals surface area contributed by atoms with Gasteiger partial charge in [-0.25, -0.2) is 4.98 Å². The van der Waals surface area contributed by atoms with E-state index in [0.29, 0.717) is 22.2 Å². The molecule has 1 aliphatic carbocycles. The van der Waals surface area contributed by atoms with Crippen LogP contribution in [-0.2, 0) is 0 Å². The van der Waals surface area contributed by atoms with Crippen LogP contribution in [0.15, 0.2) is 78.9 Å². The molecule has 1 aliphatic rings. The van der Waals surface area contributed by atoms with Crippen LogP contribution in [0.5, 0.6) is 0 Å². The van der Waals surface area contributed by atoms with Crippen molar-refractivity contribution in [3.8, 4) is 11.1 Å². The molecule has 0 bridgehead atoms. The highest BCUT2D eigenvalue weighted by atomic mass is 16.1. The maximum Gasteiger partial charge on any atom is 0.212 e. The molecule has 0 amide bonds. The van der Waals surface area contributed by atoms with Crippen molar-refractivity contribution in [2.75, 3.05) is 0 Å². The Morgan fingerprint density at radius 2 is 1.19 bits per heavy atom. The van der Waals surface area contributed by atoms with Crippen LogP contribution < -0.4 is 0 Å². The Bertz CT molecular complexity index is 1210. The van der Waals surface area contributed by atoms with E-state index in [4.69, 9.17) is 0 Å². The Kier molecular flexibility index (Phi) is 3.09. The Hall–Kier alpha value is -3.59. The number of carbonyl (C=O) groups is 2. The summed E-state index contributed by atoms with van der Waals surface area (Å²) in [4.78, 5) is 30.9. The molecule has 3 heteroatoms. The third kappa shape index (κ3) is 1.97. The summed E-state index contributed by atoms with van der Waals surface area (Å²) in [6.45, 7) is 0. The van der Waals surface area contributed by atoms with E-state index in [9.17, 15) is 9.59 Å². The smallest absolute Gasteiger partial charge is 0.212 e. The molecule has 0 spiro atoms. The van der Waals surface area contributed by atoms with E-state index in [1.807, 2.05) is 54.6 Å². The van der Waals surface area contributed by atoms with Crippen LogP contribution in [0.25, 0.3) is 22.0 Å². The molecule has 0 N–H and O–H groups in total. The minimum Gasteiger partial charge on any atom is -0.288 e. The molecule has 1 aromatic heterocycles. The van der Waals surface area contributed by atoms with E-state index >= 15 is 0 Å². The number of aromatic nitrogens is 1. The van der Waals surface area contributed by atoms with E-state index in [1.165, 1.54) is 0 Å². The van der Waals surface area contributed by atoms with Crippen LogP contribution in [0, 0.1) is 0 Å². The van der Waals surface area contributed by atoms with Gasteiger partial charge in [0.15, 0.2) is 5.78 Å². The summed E-state index contributed by atoms with van der Waals surface area (Å²) in [7, 11) is 0. The fourth-order valence-electron chi connectivity index (χ4n) is 3.64. The Morgan fingerprint density at radius 3 is 1.96 bits per heavy atom. The highest BCUT2D eigenvalue weighted by Crippen LogP contribution is 2.38. The molecule has 5 rings (SSSR count). The zero-order chi connectivity index (χ0) is 17.7. The summed E-state index contributed by atoms with van der Waals surface area (Å²) >= 11 is 0. The second-order valence-corrected chi connectivity index (χ2v) is 6.30. The van der Waals surface area contributed by atoms with Crippen molar-refractivity contribution in [3.63, 3.8) is 0 Å². The first-order valence-corrected chi connectivity index (χ1v) is 8.42. The van der Waals surface area contributed by atoms with Crippen LogP contribution in [0.4, 0.5) is 0 Å². The molecule has 0 aliphatic heterocycles. The van der Waals surface area contributed by atoms with Gasteiger partial charge in [-0.05, 0) is 11.6 Å². The number of fused-ring (bicyclic) bond motifs is 3. The van der Waals surface area contributed by atoms with Crippen molar-refractivity contribution < 1.29 is 9.59 Å². The molecule has 4 aromatic rings. The third-order valence-corrected chi connectivity index (χ3v) is 4.81. The van der Waals surface area contributed by atoms with Crippen molar-refractivity contribution in [1.29, 1.82) is 0 Å². The summed E-state index contributed by atoms with van der Waals surface area (Å²) in [5.41, 5.74) is 3.91. The van der Waals surface area contributed by atoms with Gasteiger partial charge in [0, 0.05) is 22.1 Å². The van der Waals surface area contributed by atoms with Gasteiger partial charge in [-0.1, -0.05) is 72.8 Å². The van der Waals surface area contributed by atoms with Crippen LogP contribution in [0.2, 0.25) is 0 Å². The minimum absolute atomic E-state index is 0.146. The summed E-state index contributed by atoms with van der Waals surface area (Å²) in [5, 5.41) is 0.873. The lowest BCUT2D eigenvalue weighted by Crippen LogP contribution is -2.23. The Morgan fingerprint density at radius 1 is 0.577 bits per heavy atom. The fraction of sp³-hybridized carbons (Fsp3) is 0. The van der Waals surface area contributed by atoms with E-state index in [-0.39, 0.29) is 17.3 Å². The summed E-state index contributed by atoms with van der Waals surface area (Å²) in [6, 6.07) is 24.3. The Labute approximate surface area is 149 Å². The fourth-order valence-corrected chi connectivity index (χ4v) is 3.64. The molecule has 26 heavy (non-hydrogen) atoms. The van der Waals surface area contributed by atoms with Crippen molar-refractivity contribution >= 4 is 22.5 Å². The molecule has 0 fully saturated rings. The molecule has 0 saturated carbocycles. The lowest BCUT2D eigenvalue weighted by molar-refractivity contribution is 0.0976. The van der Waals surface area contributed by atoms with Gasteiger partial charge in [0.2, 0.25) is 5.78 Å². The molecule has 0 saturated heterocycles. The second-order valence-electron chi connectivity index (χ2n) is 6.30. The summed E-state index contributed by atoms with van der Waals surface area (Å²) in [5.74, 6) is -0.342. The normalized spacial score (nSPS) is 12.8. The zero-order valence-electron chi connectivity index (χ0n) is 13.8. The SMILES string of the molecule is O=C1c2ccccc2C(=O)c2c1nc1ccccc1c2-c1ccccc1. The van der Waals surface area contributed by atoms with Crippen LogP contribution in [-0.4, -0.2) is 16.6 Å². The van der Waals surface area contributed by atoms with E-state index in [2.05, 4.69) is 4.98 Å². The van der Waals surface area contributed by atoms with Crippen LogP contribution in [0.3, 0.4) is 0 Å². The first-order valence-electron chi connectivity index (χ1n) is 8.42.